The number of carbonyl (C=O) groups excluding carboxylic acids is 1. The van der Waals surface area contributed by atoms with Crippen LogP contribution in [-0.2, 0) is 0 Å². The summed E-state index contributed by atoms with van der Waals surface area (Å²) < 4.78 is 5.45. The van der Waals surface area contributed by atoms with Crippen molar-refractivity contribution in [1.29, 1.82) is 0 Å². The molecule has 1 aromatic rings. The van der Waals surface area contributed by atoms with Crippen LogP contribution in [0.15, 0.2) is 18.3 Å². The van der Waals surface area contributed by atoms with Crippen molar-refractivity contribution >= 4 is 35.4 Å². The van der Waals surface area contributed by atoms with Gasteiger partial charge in [0, 0.05) is 6.20 Å². The van der Waals surface area contributed by atoms with Crippen LogP contribution < -0.4 is 15.0 Å². The zero-order valence-corrected chi connectivity index (χ0v) is 10.4. The minimum Gasteiger partial charge on any atom is -0.469 e. The van der Waals surface area contributed by atoms with Crippen molar-refractivity contribution in [2.45, 2.75) is 11.7 Å². The van der Waals surface area contributed by atoms with Crippen LogP contribution in [0.4, 0.5) is 10.6 Å². The van der Waals surface area contributed by atoms with Gasteiger partial charge in [-0.1, -0.05) is 6.32 Å². The van der Waals surface area contributed by atoms with Gasteiger partial charge in [0.25, 0.3) is 0 Å². The molecule has 2 amide bonds. The average Bonchev–Trinajstić information content (AvgIpc) is 2.47. The molecule has 2 heterocycles. The number of anilines is 1. The van der Waals surface area contributed by atoms with E-state index >= 15 is 0 Å². The molecular weight excluding hydrogens is 215 g/mol. The summed E-state index contributed by atoms with van der Waals surface area (Å²) in [7, 11) is 6.06. The van der Waals surface area contributed by atoms with Crippen molar-refractivity contribution in [2.75, 3.05) is 11.6 Å². The molecule has 1 aliphatic rings. The molecule has 0 aliphatic carbocycles. The van der Waals surface area contributed by atoms with Crippen molar-refractivity contribution in [1.82, 2.24) is 10.3 Å². The molecule has 0 unspecified atom stereocenters. The molecule has 17 heavy (non-hydrogen) atoms. The van der Waals surface area contributed by atoms with Gasteiger partial charge in [0.15, 0.2) is 18.3 Å². The molecule has 0 atom stereocenters. The smallest absolute Gasteiger partial charge is 0.324 e. The molecule has 0 fully saturated rings. The second-order valence-corrected chi connectivity index (χ2v) is 4.60. The van der Waals surface area contributed by atoms with E-state index in [4.69, 9.17) is 4.74 Å². The summed E-state index contributed by atoms with van der Waals surface area (Å²) in [5.74, 6) is 1.21. The quantitative estimate of drug-likeness (QED) is 0.592. The first-order valence-electron chi connectivity index (χ1n) is 5.72. The zero-order valence-electron chi connectivity index (χ0n) is 10.4. The Morgan fingerprint density at radius 1 is 1.59 bits per heavy atom. The molecule has 0 bridgehead atoms. The molecule has 86 valence electrons. The van der Waals surface area contributed by atoms with Gasteiger partial charge >= 0.3 is 6.03 Å². The van der Waals surface area contributed by atoms with Crippen LogP contribution in [0.25, 0.3) is 0 Å². The topological polar surface area (TPSA) is 54.5 Å². The lowest BCUT2D eigenvalue weighted by atomic mass is 9.55. The molecular formula is C9H14B3N3O2. The van der Waals surface area contributed by atoms with Gasteiger partial charge in [-0.2, -0.15) is 0 Å². The first-order valence-corrected chi connectivity index (χ1v) is 5.72. The van der Waals surface area contributed by atoms with Crippen molar-refractivity contribution in [3.63, 3.8) is 0 Å². The summed E-state index contributed by atoms with van der Waals surface area (Å²) in [6, 6.07) is 3.45. The van der Waals surface area contributed by atoms with Gasteiger partial charge in [0.05, 0.1) is 0 Å². The SMILES string of the molecule is BCC(B)(B)N1C(=O)NCOc2cccnc21. The number of nitrogens with zero attached hydrogens (tertiary/aromatic N) is 2. The van der Waals surface area contributed by atoms with E-state index in [0.29, 0.717) is 11.6 Å². The van der Waals surface area contributed by atoms with E-state index in [-0.39, 0.29) is 18.1 Å². The molecule has 1 N–H and O–H groups in total. The molecule has 0 radical (unpaired) electrons. The summed E-state index contributed by atoms with van der Waals surface area (Å²) in [5, 5.41) is 2.40. The van der Waals surface area contributed by atoms with E-state index in [2.05, 4.69) is 10.3 Å². The minimum atomic E-state index is -0.305. The third kappa shape index (κ3) is 2.11. The van der Waals surface area contributed by atoms with Crippen LogP contribution in [0, 0.1) is 0 Å². The minimum absolute atomic E-state index is 0.172. The third-order valence-corrected chi connectivity index (χ3v) is 3.09. The number of pyridine rings is 1. The number of hydrogen-bond acceptors (Lipinski definition) is 3. The summed E-state index contributed by atoms with van der Waals surface area (Å²) in [4.78, 5) is 18.0. The number of carbonyl (C=O) groups is 1. The fourth-order valence-electron chi connectivity index (χ4n) is 1.73. The van der Waals surface area contributed by atoms with Gasteiger partial charge in [-0.05, 0) is 17.5 Å². The molecule has 2 rings (SSSR count). The fourth-order valence-corrected chi connectivity index (χ4v) is 1.73. The molecule has 0 aromatic carbocycles. The van der Waals surface area contributed by atoms with Crippen LogP contribution in [0.3, 0.4) is 0 Å². The molecule has 0 saturated carbocycles. The van der Waals surface area contributed by atoms with Crippen molar-refractivity contribution < 1.29 is 9.53 Å². The lowest BCUT2D eigenvalue weighted by Gasteiger charge is -2.36. The Morgan fingerprint density at radius 2 is 2.35 bits per heavy atom. The van der Waals surface area contributed by atoms with Crippen molar-refractivity contribution in [2.24, 2.45) is 0 Å². The third-order valence-electron chi connectivity index (χ3n) is 3.09. The Labute approximate surface area is 103 Å². The van der Waals surface area contributed by atoms with Crippen LogP contribution >= 0.6 is 0 Å². The molecule has 5 nitrogen and oxygen atoms in total. The molecule has 0 saturated heterocycles. The number of rotatable bonds is 2. The monoisotopic (exact) mass is 229 g/mol. The molecule has 1 aliphatic heterocycles. The van der Waals surface area contributed by atoms with E-state index in [1.54, 1.807) is 17.2 Å². The molecule has 8 heteroatoms. The van der Waals surface area contributed by atoms with Crippen LogP contribution in [0.5, 0.6) is 5.75 Å². The van der Waals surface area contributed by atoms with Crippen LogP contribution in [0.1, 0.15) is 0 Å². The summed E-state index contributed by atoms with van der Waals surface area (Å²) >= 11 is 0. The second-order valence-electron chi connectivity index (χ2n) is 4.60. The predicted molar refractivity (Wildman–Crippen MR) is 73.9 cm³/mol. The van der Waals surface area contributed by atoms with E-state index in [1.807, 2.05) is 29.6 Å². The maximum atomic E-state index is 12.1. The summed E-state index contributed by atoms with van der Waals surface area (Å²) in [6.45, 7) is 0.174. The summed E-state index contributed by atoms with van der Waals surface area (Å²) in [6.07, 6.45) is 2.50. The number of fused-ring (bicyclic) bond motifs is 1. The van der Waals surface area contributed by atoms with E-state index in [1.165, 1.54) is 0 Å². The highest BCUT2D eigenvalue weighted by atomic mass is 16.5. The number of nitrogens with one attached hydrogen (secondary N) is 1. The number of amides is 2. The van der Waals surface area contributed by atoms with Gasteiger partial charge < -0.3 is 10.1 Å². The summed E-state index contributed by atoms with van der Waals surface area (Å²) in [5.41, 5.74) is 0. The highest BCUT2D eigenvalue weighted by Gasteiger charge is 2.34. The standard InChI is InChI=1S/C9H14B3N3O2/c10-4-9(11,12)15-7-6(2-1-3-13-7)17-5-14-8(15)16/h1-3H,4-5,10-12H2,(H,14,16). The van der Waals surface area contributed by atoms with E-state index in [9.17, 15) is 4.79 Å². The normalized spacial score (nSPS) is 15.5. The Bertz CT molecular complexity index is 441. The van der Waals surface area contributed by atoms with Crippen molar-refractivity contribution in [3.05, 3.63) is 18.3 Å². The highest BCUT2D eigenvalue weighted by Crippen LogP contribution is 2.31. The van der Waals surface area contributed by atoms with Crippen LogP contribution in [-0.4, -0.2) is 46.6 Å². The van der Waals surface area contributed by atoms with Gasteiger partial charge in [0.1, 0.15) is 23.5 Å². The maximum absolute atomic E-state index is 12.1. The number of aromatic nitrogens is 1. The molecule has 1 aromatic heterocycles. The molecule has 0 spiro atoms. The Hall–Kier alpha value is -1.59. The van der Waals surface area contributed by atoms with Gasteiger partial charge in [-0.3, -0.25) is 4.90 Å². The van der Waals surface area contributed by atoms with Crippen LogP contribution in [0.2, 0.25) is 6.32 Å². The Morgan fingerprint density at radius 3 is 3.06 bits per heavy atom. The van der Waals surface area contributed by atoms with Gasteiger partial charge in [-0.25, -0.2) is 9.78 Å². The first kappa shape index (κ1) is 11.9. The van der Waals surface area contributed by atoms with Crippen molar-refractivity contribution in [3.8, 4) is 5.75 Å². The fraction of sp³-hybridized carbons (Fsp3) is 0.333. The number of urea groups is 1. The zero-order chi connectivity index (χ0) is 12.5. The van der Waals surface area contributed by atoms with Gasteiger partial charge in [0.2, 0.25) is 0 Å². The Kier molecular flexibility index (Phi) is 3.04. The highest BCUT2D eigenvalue weighted by molar-refractivity contribution is 6.46. The lowest BCUT2D eigenvalue weighted by molar-refractivity contribution is 0.233. The number of hydrogen-bond donors (Lipinski definition) is 1. The Balaban J connectivity index is 2.51. The first-order chi connectivity index (χ1) is 8.06. The maximum Gasteiger partial charge on any atom is 0.324 e. The predicted octanol–water partition coefficient (Wildman–Crippen LogP) is -2.08. The average molecular weight is 229 g/mol. The van der Waals surface area contributed by atoms with Gasteiger partial charge in [-0.15, -0.1) is 0 Å². The lowest BCUT2D eigenvalue weighted by Crippen LogP contribution is -2.56. The second kappa shape index (κ2) is 4.35. The number of ether oxygens (including phenoxy) is 1. The van der Waals surface area contributed by atoms with E-state index < -0.39 is 0 Å². The van der Waals surface area contributed by atoms with E-state index in [0.717, 1.165) is 6.32 Å². The largest absolute Gasteiger partial charge is 0.469 e.